The number of aromatic hydroxyl groups is 1. The first-order chi connectivity index (χ1) is 6.74. The SMILES string of the molecule is Oc1cccc(CNC2(CCl)CC2)c1. The minimum Gasteiger partial charge on any atom is -0.508 e. The van der Waals surface area contributed by atoms with Crippen molar-refractivity contribution < 1.29 is 5.11 Å². The van der Waals surface area contributed by atoms with Crippen molar-refractivity contribution in [2.45, 2.75) is 24.9 Å². The van der Waals surface area contributed by atoms with Crippen molar-refractivity contribution in [1.29, 1.82) is 0 Å². The topological polar surface area (TPSA) is 32.3 Å². The average molecular weight is 212 g/mol. The van der Waals surface area contributed by atoms with Crippen LogP contribution in [0.15, 0.2) is 24.3 Å². The maximum atomic E-state index is 9.26. The number of hydrogen-bond acceptors (Lipinski definition) is 2. The molecule has 0 atom stereocenters. The van der Waals surface area contributed by atoms with Crippen molar-refractivity contribution in [2.24, 2.45) is 0 Å². The zero-order chi connectivity index (χ0) is 10.0. The van der Waals surface area contributed by atoms with Crippen molar-refractivity contribution in [3.8, 4) is 5.75 Å². The van der Waals surface area contributed by atoms with E-state index < -0.39 is 0 Å². The summed E-state index contributed by atoms with van der Waals surface area (Å²) in [4.78, 5) is 0. The first kappa shape index (κ1) is 9.81. The van der Waals surface area contributed by atoms with Gasteiger partial charge in [0.1, 0.15) is 5.75 Å². The van der Waals surface area contributed by atoms with Crippen LogP contribution in [0.5, 0.6) is 5.75 Å². The monoisotopic (exact) mass is 211 g/mol. The summed E-state index contributed by atoms with van der Waals surface area (Å²) >= 11 is 5.84. The molecular formula is C11H14ClNO. The fourth-order valence-corrected chi connectivity index (χ4v) is 1.83. The average Bonchev–Trinajstić information content (AvgIpc) is 2.96. The van der Waals surface area contributed by atoms with Gasteiger partial charge in [-0.3, -0.25) is 0 Å². The molecule has 1 saturated carbocycles. The fourth-order valence-electron chi connectivity index (χ4n) is 1.46. The summed E-state index contributed by atoms with van der Waals surface area (Å²) in [7, 11) is 0. The molecule has 0 aromatic heterocycles. The van der Waals surface area contributed by atoms with E-state index in [9.17, 15) is 5.11 Å². The molecule has 3 heteroatoms. The fraction of sp³-hybridized carbons (Fsp3) is 0.455. The summed E-state index contributed by atoms with van der Waals surface area (Å²) < 4.78 is 0. The van der Waals surface area contributed by atoms with Gasteiger partial charge in [-0.2, -0.15) is 0 Å². The van der Waals surface area contributed by atoms with Crippen molar-refractivity contribution in [2.75, 3.05) is 5.88 Å². The van der Waals surface area contributed by atoms with Gasteiger partial charge in [-0.1, -0.05) is 12.1 Å². The van der Waals surface area contributed by atoms with E-state index in [-0.39, 0.29) is 5.54 Å². The Hall–Kier alpha value is -0.730. The Kier molecular flexibility index (Phi) is 2.66. The largest absolute Gasteiger partial charge is 0.508 e. The lowest BCUT2D eigenvalue weighted by Crippen LogP contribution is -2.32. The van der Waals surface area contributed by atoms with Crippen molar-refractivity contribution in [3.63, 3.8) is 0 Å². The standard InChI is InChI=1S/C11H14ClNO/c12-8-11(4-5-11)13-7-9-2-1-3-10(14)6-9/h1-3,6,13-14H,4-5,7-8H2. The number of nitrogens with one attached hydrogen (secondary N) is 1. The van der Waals surface area contributed by atoms with Crippen LogP contribution >= 0.6 is 11.6 Å². The molecule has 2 nitrogen and oxygen atoms in total. The van der Waals surface area contributed by atoms with E-state index >= 15 is 0 Å². The minimum atomic E-state index is 0.174. The highest BCUT2D eigenvalue weighted by Crippen LogP contribution is 2.36. The van der Waals surface area contributed by atoms with Crippen LogP contribution in [0.1, 0.15) is 18.4 Å². The van der Waals surface area contributed by atoms with Crippen molar-refractivity contribution >= 4 is 11.6 Å². The van der Waals surface area contributed by atoms with Crippen molar-refractivity contribution in [1.82, 2.24) is 5.32 Å². The molecule has 1 fully saturated rings. The van der Waals surface area contributed by atoms with E-state index in [4.69, 9.17) is 11.6 Å². The summed E-state index contributed by atoms with van der Waals surface area (Å²) in [6, 6.07) is 7.30. The maximum Gasteiger partial charge on any atom is 0.115 e. The zero-order valence-corrected chi connectivity index (χ0v) is 8.72. The molecule has 76 valence electrons. The summed E-state index contributed by atoms with van der Waals surface area (Å²) in [5.74, 6) is 0.992. The van der Waals surface area contributed by atoms with Crippen LogP contribution in [0.2, 0.25) is 0 Å². The third kappa shape index (κ3) is 2.20. The molecule has 0 unspecified atom stereocenters. The van der Waals surface area contributed by atoms with E-state index in [0.717, 1.165) is 24.9 Å². The number of rotatable bonds is 4. The van der Waals surface area contributed by atoms with E-state index in [1.165, 1.54) is 0 Å². The summed E-state index contributed by atoms with van der Waals surface area (Å²) in [6.07, 6.45) is 2.32. The van der Waals surface area contributed by atoms with Gasteiger partial charge in [0.2, 0.25) is 0 Å². The molecule has 2 rings (SSSR count). The second kappa shape index (κ2) is 3.79. The molecule has 1 aliphatic rings. The van der Waals surface area contributed by atoms with Gasteiger partial charge >= 0.3 is 0 Å². The molecule has 0 saturated heterocycles. The summed E-state index contributed by atoms with van der Waals surface area (Å²) in [6.45, 7) is 0.779. The lowest BCUT2D eigenvalue weighted by atomic mass is 10.2. The van der Waals surface area contributed by atoms with Crippen LogP contribution in [0.4, 0.5) is 0 Å². The molecule has 1 aromatic rings. The van der Waals surface area contributed by atoms with Gasteiger partial charge in [-0.05, 0) is 30.5 Å². The van der Waals surface area contributed by atoms with E-state index in [2.05, 4.69) is 5.32 Å². The number of alkyl halides is 1. The Morgan fingerprint density at radius 1 is 1.43 bits per heavy atom. The van der Waals surface area contributed by atoms with Crippen LogP contribution in [0, 0.1) is 0 Å². The highest BCUT2D eigenvalue weighted by Gasteiger charge is 2.40. The van der Waals surface area contributed by atoms with E-state index in [1.54, 1.807) is 12.1 Å². The predicted molar refractivity (Wildman–Crippen MR) is 57.6 cm³/mol. The first-order valence-electron chi connectivity index (χ1n) is 4.83. The zero-order valence-electron chi connectivity index (χ0n) is 7.96. The van der Waals surface area contributed by atoms with Gasteiger partial charge in [0.25, 0.3) is 0 Å². The number of hydrogen-bond donors (Lipinski definition) is 2. The lowest BCUT2D eigenvalue weighted by molar-refractivity contribution is 0.473. The van der Waals surface area contributed by atoms with Crippen LogP contribution in [0.3, 0.4) is 0 Å². The van der Waals surface area contributed by atoms with Crippen LogP contribution in [-0.4, -0.2) is 16.5 Å². The minimum absolute atomic E-state index is 0.174. The Bertz CT molecular complexity index is 323. The van der Waals surface area contributed by atoms with Gasteiger partial charge in [0, 0.05) is 18.0 Å². The third-order valence-electron chi connectivity index (χ3n) is 2.69. The second-order valence-electron chi connectivity index (χ2n) is 3.94. The summed E-state index contributed by atoms with van der Waals surface area (Å²) in [5, 5.41) is 12.7. The quantitative estimate of drug-likeness (QED) is 0.749. The van der Waals surface area contributed by atoms with E-state index in [0.29, 0.717) is 11.6 Å². The molecule has 14 heavy (non-hydrogen) atoms. The molecule has 0 spiro atoms. The summed E-state index contributed by atoms with van der Waals surface area (Å²) in [5.41, 5.74) is 1.27. The Morgan fingerprint density at radius 2 is 2.21 bits per heavy atom. The second-order valence-corrected chi connectivity index (χ2v) is 4.20. The molecule has 0 radical (unpaired) electrons. The number of phenolic OH excluding ortho intramolecular Hbond substituents is 1. The molecular weight excluding hydrogens is 198 g/mol. The normalized spacial score (nSPS) is 18.1. The highest BCUT2D eigenvalue weighted by atomic mass is 35.5. The Balaban J connectivity index is 1.92. The Morgan fingerprint density at radius 3 is 2.79 bits per heavy atom. The number of benzene rings is 1. The molecule has 2 N–H and O–H groups in total. The Labute approximate surface area is 88.9 Å². The van der Waals surface area contributed by atoms with Gasteiger partial charge in [-0.25, -0.2) is 0 Å². The first-order valence-corrected chi connectivity index (χ1v) is 5.36. The lowest BCUT2D eigenvalue weighted by Gasteiger charge is -2.13. The molecule has 0 heterocycles. The molecule has 0 aliphatic heterocycles. The molecule has 0 bridgehead atoms. The third-order valence-corrected chi connectivity index (χ3v) is 3.20. The molecule has 1 aliphatic carbocycles. The molecule has 1 aromatic carbocycles. The van der Waals surface area contributed by atoms with Crippen LogP contribution < -0.4 is 5.32 Å². The van der Waals surface area contributed by atoms with Crippen molar-refractivity contribution in [3.05, 3.63) is 29.8 Å². The predicted octanol–water partition coefficient (Wildman–Crippen LogP) is 2.25. The van der Waals surface area contributed by atoms with Gasteiger partial charge in [-0.15, -0.1) is 11.6 Å². The maximum absolute atomic E-state index is 9.26. The smallest absolute Gasteiger partial charge is 0.115 e. The number of phenols is 1. The molecule has 0 amide bonds. The van der Waals surface area contributed by atoms with Gasteiger partial charge < -0.3 is 10.4 Å². The van der Waals surface area contributed by atoms with Gasteiger partial charge in [0.05, 0.1) is 0 Å². The highest BCUT2D eigenvalue weighted by molar-refractivity contribution is 6.18. The van der Waals surface area contributed by atoms with Crippen LogP contribution in [-0.2, 0) is 6.54 Å². The van der Waals surface area contributed by atoms with Gasteiger partial charge in [0.15, 0.2) is 0 Å². The van der Waals surface area contributed by atoms with E-state index in [1.807, 2.05) is 12.1 Å². The van der Waals surface area contributed by atoms with Crippen LogP contribution in [0.25, 0.3) is 0 Å². The number of halogens is 1.